The molecule has 1 atom stereocenters. The van der Waals surface area contributed by atoms with Gasteiger partial charge < -0.3 is 9.84 Å². The number of amides is 2. The summed E-state index contributed by atoms with van der Waals surface area (Å²) >= 11 is 0. The molecule has 6 nitrogen and oxygen atoms in total. The van der Waals surface area contributed by atoms with Gasteiger partial charge in [-0.3, -0.25) is 19.4 Å². The minimum Gasteiger partial charge on any atom is -0.494 e. The Hall–Kier alpha value is -2.70. The molecule has 2 heterocycles. The number of hydrogen-bond acceptors (Lipinski definition) is 5. The van der Waals surface area contributed by atoms with Crippen LogP contribution in [0, 0.1) is 0 Å². The van der Waals surface area contributed by atoms with Gasteiger partial charge in [0.1, 0.15) is 12.0 Å². The van der Waals surface area contributed by atoms with E-state index in [9.17, 15) is 14.7 Å². The molecule has 146 valence electrons. The molecule has 4 rings (SSSR count). The number of benzene rings is 2. The van der Waals surface area contributed by atoms with E-state index >= 15 is 0 Å². The zero-order valence-electron chi connectivity index (χ0n) is 15.7. The fourth-order valence-electron chi connectivity index (χ4n) is 3.82. The fourth-order valence-corrected chi connectivity index (χ4v) is 3.82. The van der Waals surface area contributed by atoms with Crippen LogP contribution in [0.5, 0.6) is 5.75 Å². The van der Waals surface area contributed by atoms with Crippen LogP contribution in [-0.4, -0.2) is 52.6 Å². The molecule has 6 heteroatoms. The third kappa shape index (κ3) is 3.79. The number of imide groups is 1. The van der Waals surface area contributed by atoms with Gasteiger partial charge in [0.15, 0.2) is 0 Å². The fraction of sp³-hybridized carbons (Fsp3) is 0.364. The Labute approximate surface area is 164 Å². The van der Waals surface area contributed by atoms with Gasteiger partial charge >= 0.3 is 0 Å². The second-order valence-corrected chi connectivity index (χ2v) is 7.25. The van der Waals surface area contributed by atoms with E-state index in [1.165, 1.54) is 4.90 Å². The largest absolute Gasteiger partial charge is 0.494 e. The minimum atomic E-state index is -0.357. The molecule has 0 spiro atoms. The molecule has 1 unspecified atom stereocenters. The lowest BCUT2D eigenvalue weighted by atomic mass is 10.1. The molecule has 2 aromatic rings. The number of hydrogen-bond donors (Lipinski definition) is 1. The predicted octanol–water partition coefficient (Wildman–Crippen LogP) is 2.67. The molecule has 1 fully saturated rings. The van der Waals surface area contributed by atoms with Crippen LogP contribution in [0.1, 0.15) is 45.5 Å². The highest BCUT2D eigenvalue weighted by Crippen LogP contribution is 2.23. The summed E-state index contributed by atoms with van der Waals surface area (Å²) in [6.07, 6.45) is 2.06. The van der Waals surface area contributed by atoms with E-state index < -0.39 is 0 Å². The first-order valence-corrected chi connectivity index (χ1v) is 9.72. The summed E-state index contributed by atoms with van der Waals surface area (Å²) in [4.78, 5) is 28.0. The van der Waals surface area contributed by atoms with Gasteiger partial charge in [0, 0.05) is 19.6 Å². The lowest BCUT2D eigenvalue weighted by molar-refractivity contribution is 0.0327. The summed E-state index contributed by atoms with van der Waals surface area (Å²) < 4.78 is 5.82. The monoisotopic (exact) mass is 380 g/mol. The first kappa shape index (κ1) is 18.7. The van der Waals surface area contributed by atoms with Crippen LogP contribution in [0.4, 0.5) is 0 Å². The van der Waals surface area contributed by atoms with Crippen molar-refractivity contribution in [3.05, 3.63) is 65.2 Å². The highest BCUT2D eigenvalue weighted by molar-refractivity contribution is 6.21. The van der Waals surface area contributed by atoms with Crippen LogP contribution in [0.15, 0.2) is 48.5 Å². The Balaban J connectivity index is 1.27. The van der Waals surface area contributed by atoms with Crippen molar-refractivity contribution in [2.45, 2.75) is 32.0 Å². The number of likely N-dealkylation sites (tertiary alicyclic amines) is 1. The molecule has 0 radical (unpaired) electrons. The molecule has 1 saturated heterocycles. The molecule has 28 heavy (non-hydrogen) atoms. The minimum absolute atomic E-state index is 0.230. The second kappa shape index (κ2) is 8.12. The van der Waals surface area contributed by atoms with E-state index in [0.717, 1.165) is 30.7 Å². The van der Waals surface area contributed by atoms with Gasteiger partial charge in [-0.25, -0.2) is 0 Å². The van der Waals surface area contributed by atoms with Crippen molar-refractivity contribution in [1.82, 2.24) is 9.80 Å². The van der Waals surface area contributed by atoms with Gasteiger partial charge in [0.2, 0.25) is 0 Å². The van der Waals surface area contributed by atoms with Gasteiger partial charge in [-0.05, 0) is 49.1 Å². The smallest absolute Gasteiger partial charge is 0.261 e. The van der Waals surface area contributed by atoms with Crippen LogP contribution in [-0.2, 0) is 6.54 Å². The first-order valence-electron chi connectivity index (χ1n) is 9.72. The summed E-state index contributed by atoms with van der Waals surface area (Å²) in [6.45, 7) is 2.37. The molecule has 2 aliphatic rings. The normalized spacial score (nSPS) is 19.3. The summed E-state index contributed by atoms with van der Waals surface area (Å²) in [5.74, 6) is 0.298. The maximum atomic E-state index is 12.3. The maximum absolute atomic E-state index is 12.3. The average molecular weight is 380 g/mol. The lowest BCUT2D eigenvalue weighted by Gasteiger charge is -2.20. The van der Waals surface area contributed by atoms with Crippen molar-refractivity contribution in [2.75, 3.05) is 19.7 Å². The summed E-state index contributed by atoms with van der Waals surface area (Å²) in [7, 11) is 0. The summed E-state index contributed by atoms with van der Waals surface area (Å²) in [5, 5.41) is 9.94. The molecule has 0 saturated carbocycles. The number of carbonyl (C=O) groups is 2. The van der Waals surface area contributed by atoms with E-state index in [1.807, 2.05) is 24.3 Å². The Morgan fingerprint density at radius 3 is 2.46 bits per heavy atom. The number of aliphatic hydroxyl groups excluding tert-OH is 1. The van der Waals surface area contributed by atoms with Crippen LogP contribution in [0.25, 0.3) is 0 Å². The predicted molar refractivity (Wildman–Crippen MR) is 104 cm³/mol. The maximum Gasteiger partial charge on any atom is 0.261 e. The van der Waals surface area contributed by atoms with Crippen molar-refractivity contribution >= 4 is 11.8 Å². The van der Waals surface area contributed by atoms with E-state index in [0.29, 0.717) is 37.2 Å². The summed E-state index contributed by atoms with van der Waals surface area (Å²) in [5.41, 5.74) is 2.05. The molecule has 0 aromatic heterocycles. The topological polar surface area (TPSA) is 70.1 Å². The van der Waals surface area contributed by atoms with Crippen molar-refractivity contribution in [2.24, 2.45) is 0 Å². The van der Waals surface area contributed by atoms with Gasteiger partial charge in [-0.1, -0.05) is 24.3 Å². The molecule has 0 bridgehead atoms. The molecule has 1 N–H and O–H groups in total. The standard InChI is InChI=1S/C22H24N2O4/c25-20-10-4-11-23(20)15-16-6-3-7-17(14-16)28-13-5-12-24-21(26)18-8-1-2-9-19(18)22(24)27/h1-3,6-9,14,20,25H,4-5,10-13,15H2. The number of nitrogens with zero attached hydrogens (tertiary/aromatic N) is 2. The second-order valence-electron chi connectivity index (χ2n) is 7.25. The first-order chi connectivity index (χ1) is 13.6. The SMILES string of the molecule is O=C1c2ccccc2C(=O)N1CCCOc1cccc(CN2CCCC2O)c1. The number of fused-ring (bicyclic) bond motifs is 1. The van der Waals surface area contributed by atoms with E-state index in [2.05, 4.69) is 4.90 Å². The number of rotatable bonds is 7. The third-order valence-corrected chi connectivity index (χ3v) is 5.29. The van der Waals surface area contributed by atoms with Gasteiger partial charge in [0.25, 0.3) is 11.8 Å². The van der Waals surface area contributed by atoms with Crippen LogP contribution in [0.3, 0.4) is 0 Å². The van der Waals surface area contributed by atoms with E-state index in [-0.39, 0.29) is 18.0 Å². The van der Waals surface area contributed by atoms with Crippen molar-refractivity contribution in [1.29, 1.82) is 0 Å². The van der Waals surface area contributed by atoms with Gasteiger partial charge in [0.05, 0.1) is 17.7 Å². The Kier molecular flexibility index (Phi) is 5.41. The number of carbonyl (C=O) groups excluding carboxylic acids is 2. The zero-order chi connectivity index (χ0) is 19.5. The number of ether oxygens (including phenoxy) is 1. The van der Waals surface area contributed by atoms with Crippen molar-refractivity contribution < 1.29 is 19.4 Å². The molecule has 2 aliphatic heterocycles. The Morgan fingerprint density at radius 1 is 1.04 bits per heavy atom. The lowest BCUT2D eigenvalue weighted by Crippen LogP contribution is -2.31. The highest BCUT2D eigenvalue weighted by Gasteiger charge is 2.34. The highest BCUT2D eigenvalue weighted by atomic mass is 16.5. The third-order valence-electron chi connectivity index (χ3n) is 5.29. The van der Waals surface area contributed by atoms with Gasteiger partial charge in [-0.2, -0.15) is 0 Å². The molecular formula is C22H24N2O4. The van der Waals surface area contributed by atoms with E-state index in [4.69, 9.17) is 4.74 Å². The zero-order valence-corrected chi connectivity index (χ0v) is 15.7. The Morgan fingerprint density at radius 2 is 1.79 bits per heavy atom. The quantitative estimate of drug-likeness (QED) is 0.591. The average Bonchev–Trinajstić information content (AvgIpc) is 3.21. The van der Waals surface area contributed by atoms with Crippen LogP contribution in [0.2, 0.25) is 0 Å². The molecule has 2 amide bonds. The van der Waals surface area contributed by atoms with Crippen molar-refractivity contribution in [3.63, 3.8) is 0 Å². The summed E-state index contributed by atoms with van der Waals surface area (Å²) in [6, 6.07) is 14.8. The van der Waals surface area contributed by atoms with Crippen LogP contribution >= 0.6 is 0 Å². The van der Waals surface area contributed by atoms with Gasteiger partial charge in [-0.15, -0.1) is 0 Å². The molecule has 2 aromatic carbocycles. The molecular weight excluding hydrogens is 356 g/mol. The van der Waals surface area contributed by atoms with Crippen molar-refractivity contribution in [3.8, 4) is 5.75 Å². The Bertz CT molecular complexity index is 847. The van der Waals surface area contributed by atoms with E-state index in [1.54, 1.807) is 24.3 Å². The molecule has 0 aliphatic carbocycles. The van der Waals surface area contributed by atoms with Crippen LogP contribution < -0.4 is 4.74 Å². The number of aliphatic hydroxyl groups is 1.